The van der Waals surface area contributed by atoms with Gasteiger partial charge in [-0.1, -0.05) is 26.8 Å². The van der Waals surface area contributed by atoms with Crippen molar-refractivity contribution in [2.24, 2.45) is 16.8 Å². The molecule has 0 bridgehead atoms. The maximum atomic E-state index is 6.08. The molecule has 1 aliphatic heterocycles. The molecular formula is C19H35NO. The van der Waals surface area contributed by atoms with E-state index in [1.807, 2.05) is 0 Å². The zero-order chi connectivity index (χ0) is 14.7. The second kappa shape index (κ2) is 8.12. The van der Waals surface area contributed by atoms with E-state index in [9.17, 15) is 0 Å². The monoisotopic (exact) mass is 293 g/mol. The third-order valence-corrected chi connectivity index (χ3v) is 4.75. The van der Waals surface area contributed by atoms with E-state index in [0.717, 1.165) is 6.54 Å². The molecular weight excluding hydrogens is 258 g/mol. The van der Waals surface area contributed by atoms with Crippen LogP contribution < -0.4 is 0 Å². The Kier molecular flexibility index (Phi) is 7.12. The number of hydrogen-bond donors (Lipinski definition) is 0. The lowest BCUT2D eigenvalue weighted by Gasteiger charge is -2.33. The molecule has 2 rings (SSSR count). The third-order valence-electron chi connectivity index (χ3n) is 4.75. The predicted octanol–water partition coefficient (Wildman–Crippen LogP) is 5.42. The van der Waals surface area contributed by atoms with Crippen molar-refractivity contribution in [1.82, 2.24) is 0 Å². The molecule has 2 aliphatic rings. The average molecular weight is 293 g/mol. The van der Waals surface area contributed by atoms with Crippen LogP contribution in [-0.4, -0.2) is 24.5 Å². The summed E-state index contributed by atoms with van der Waals surface area (Å²) in [5.74, 6) is 1.26. The molecule has 0 spiro atoms. The van der Waals surface area contributed by atoms with Gasteiger partial charge < -0.3 is 4.74 Å². The SMILES string of the molecule is C.CC1=NCC(C(C)C)=C2CCC(OC(C)C)CCCC12. The smallest absolute Gasteiger partial charge is 0.0604 e. The maximum absolute atomic E-state index is 6.08. The molecule has 2 unspecified atom stereocenters. The van der Waals surface area contributed by atoms with E-state index in [0.29, 0.717) is 24.0 Å². The van der Waals surface area contributed by atoms with Gasteiger partial charge in [-0.3, -0.25) is 4.99 Å². The highest BCUT2D eigenvalue weighted by Gasteiger charge is 2.28. The second-order valence-electron chi connectivity index (χ2n) is 6.99. The van der Waals surface area contributed by atoms with Gasteiger partial charge in [0.1, 0.15) is 0 Å². The number of hydrogen-bond acceptors (Lipinski definition) is 2. The molecule has 1 heterocycles. The van der Waals surface area contributed by atoms with Crippen LogP contribution in [-0.2, 0) is 4.74 Å². The Bertz CT molecular complexity index is 392. The Labute approximate surface area is 132 Å². The van der Waals surface area contributed by atoms with Gasteiger partial charge in [-0.15, -0.1) is 0 Å². The number of aliphatic imine (C=N–C) groups is 1. The third kappa shape index (κ3) is 4.67. The molecule has 2 nitrogen and oxygen atoms in total. The first-order valence-corrected chi connectivity index (χ1v) is 8.37. The molecule has 0 aromatic heterocycles. The van der Waals surface area contributed by atoms with Gasteiger partial charge in [0.25, 0.3) is 0 Å². The van der Waals surface area contributed by atoms with E-state index >= 15 is 0 Å². The van der Waals surface area contributed by atoms with Crippen molar-refractivity contribution in [2.45, 2.75) is 86.4 Å². The number of ether oxygens (including phenoxy) is 1. The first-order chi connectivity index (χ1) is 9.49. The summed E-state index contributed by atoms with van der Waals surface area (Å²) in [4.78, 5) is 4.78. The molecule has 0 radical (unpaired) electrons. The van der Waals surface area contributed by atoms with Crippen LogP contribution in [0.2, 0.25) is 0 Å². The molecule has 122 valence electrons. The summed E-state index contributed by atoms with van der Waals surface area (Å²) in [6, 6.07) is 0. The molecule has 1 saturated carbocycles. The molecule has 0 saturated heterocycles. The van der Waals surface area contributed by atoms with Crippen molar-refractivity contribution in [3.05, 3.63) is 11.1 Å². The number of fused-ring (bicyclic) bond motifs is 1. The summed E-state index contributed by atoms with van der Waals surface area (Å²) in [6.07, 6.45) is 6.95. The highest BCUT2D eigenvalue weighted by Crippen LogP contribution is 2.36. The van der Waals surface area contributed by atoms with E-state index < -0.39 is 0 Å². The van der Waals surface area contributed by atoms with E-state index in [4.69, 9.17) is 9.73 Å². The minimum Gasteiger partial charge on any atom is -0.376 e. The lowest BCUT2D eigenvalue weighted by atomic mass is 9.77. The zero-order valence-corrected chi connectivity index (χ0v) is 13.9. The van der Waals surface area contributed by atoms with Crippen molar-refractivity contribution in [1.29, 1.82) is 0 Å². The summed E-state index contributed by atoms with van der Waals surface area (Å²) in [5, 5.41) is 0. The average Bonchev–Trinajstić information content (AvgIpc) is 2.33. The number of dihydropyridines is 1. The number of rotatable bonds is 3. The first-order valence-electron chi connectivity index (χ1n) is 8.37. The molecule has 1 aliphatic carbocycles. The highest BCUT2D eigenvalue weighted by molar-refractivity contribution is 5.88. The van der Waals surface area contributed by atoms with E-state index in [-0.39, 0.29) is 7.43 Å². The summed E-state index contributed by atoms with van der Waals surface area (Å²) >= 11 is 0. The van der Waals surface area contributed by atoms with E-state index in [1.54, 1.807) is 11.1 Å². The first kappa shape index (κ1) is 18.4. The molecule has 0 aromatic carbocycles. The van der Waals surface area contributed by atoms with Crippen molar-refractivity contribution >= 4 is 5.71 Å². The van der Waals surface area contributed by atoms with Gasteiger partial charge in [-0.25, -0.2) is 0 Å². The molecule has 21 heavy (non-hydrogen) atoms. The van der Waals surface area contributed by atoms with E-state index in [2.05, 4.69) is 34.6 Å². The molecule has 2 atom stereocenters. The van der Waals surface area contributed by atoms with Crippen LogP contribution in [0.15, 0.2) is 16.1 Å². The van der Waals surface area contributed by atoms with Gasteiger partial charge in [0.2, 0.25) is 0 Å². The molecule has 0 N–H and O–H groups in total. The molecule has 0 amide bonds. The Balaban J connectivity index is 0.00000220. The summed E-state index contributed by atoms with van der Waals surface area (Å²) in [6.45, 7) is 12.1. The Morgan fingerprint density at radius 1 is 1.10 bits per heavy atom. The Morgan fingerprint density at radius 2 is 1.81 bits per heavy atom. The van der Waals surface area contributed by atoms with Gasteiger partial charge in [0.15, 0.2) is 0 Å². The topological polar surface area (TPSA) is 21.6 Å². The molecule has 1 fully saturated rings. The molecule has 2 heteroatoms. The van der Waals surface area contributed by atoms with Gasteiger partial charge in [0, 0.05) is 11.6 Å². The quantitative estimate of drug-likeness (QED) is 0.636. The Morgan fingerprint density at radius 3 is 2.43 bits per heavy atom. The molecule has 0 aromatic rings. The van der Waals surface area contributed by atoms with Gasteiger partial charge in [-0.05, 0) is 64.4 Å². The highest BCUT2D eigenvalue weighted by atomic mass is 16.5. The van der Waals surface area contributed by atoms with Crippen LogP contribution in [0.25, 0.3) is 0 Å². The van der Waals surface area contributed by atoms with Crippen molar-refractivity contribution in [2.75, 3.05) is 6.54 Å². The second-order valence-corrected chi connectivity index (χ2v) is 6.99. The largest absolute Gasteiger partial charge is 0.376 e. The summed E-state index contributed by atoms with van der Waals surface area (Å²) in [7, 11) is 0. The normalized spacial score (nSPS) is 26.9. The lowest BCUT2D eigenvalue weighted by Crippen LogP contribution is -2.28. The zero-order valence-electron chi connectivity index (χ0n) is 13.9. The summed E-state index contributed by atoms with van der Waals surface area (Å²) < 4.78 is 6.08. The van der Waals surface area contributed by atoms with Crippen molar-refractivity contribution in [3.63, 3.8) is 0 Å². The summed E-state index contributed by atoms with van der Waals surface area (Å²) in [5.41, 5.74) is 4.67. The van der Waals surface area contributed by atoms with Gasteiger partial charge >= 0.3 is 0 Å². The maximum Gasteiger partial charge on any atom is 0.0604 e. The standard InChI is InChI=1S/C18H31NO.CH4/c1-12(2)18-11-19-14(5)16-8-6-7-15(20-13(3)4)9-10-17(16)18;/h12-13,15-16H,6-11H2,1-5H3;1H4. The minimum absolute atomic E-state index is 0. The van der Waals surface area contributed by atoms with Crippen LogP contribution in [0.4, 0.5) is 0 Å². The fraction of sp³-hybridized carbons (Fsp3) is 0.842. The fourth-order valence-electron chi connectivity index (χ4n) is 3.70. The minimum atomic E-state index is 0. The van der Waals surface area contributed by atoms with Crippen LogP contribution in [0.3, 0.4) is 0 Å². The van der Waals surface area contributed by atoms with Crippen LogP contribution in [0, 0.1) is 11.8 Å². The van der Waals surface area contributed by atoms with Crippen molar-refractivity contribution < 1.29 is 4.74 Å². The lowest BCUT2D eigenvalue weighted by molar-refractivity contribution is -0.00442. The Hall–Kier alpha value is -0.630. The number of nitrogens with zero attached hydrogens (tertiary/aromatic N) is 1. The van der Waals surface area contributed by atoms with Crippen LogP contribution in [0.1, 0.15) is 74.1 Å². The van der Waals surface area contributed by atoms with Crippen LogP contribution >= 0.6 is 0 Å². The van der Waals surface area contributed by atoms with Crippen molar-refractivity contribution in [3.8, 4) is 0 Å². The van der Waals surface area contributed by atoms with E-state index in [1.165, 1.54) is 37.8 Å². The van der Waals surface area contributed by atoms with Gasteiger partial charge in [-0.2, -0.15) is 0 Å². The van der Waals surface area contributed by atoms with Crippen LogP contribution in [0.5, 0.6) is 0 Å². The van der Waals surface area contributed by atoms with Gasteiger partial charge in [0.05, 0.1) is 18.8 Å². The number of allylic oxidation sites excluding steroid dienone is 1. The fourth-order valence-corrected chi connectivity index (χ4v) is 3.70. The predicted molar refractivity (Wildman–Crippen MR) is 93.2 cm³/mol.